The van der Waals surface area contributed by atoms with Crippen LogP contribution in [0.3, 0.4) is 0 Å². The number of nitrogens with zero attached hydrogens (tertiary/aromatic N) is 1. The van der Waals surface area contributed by atoms with Crippen molar-refractivity contribution in [3.63, 3.8) is 0 Å². The molecular weight excluding hydrogens is 308 g/mol. The summed E-state index contributed by atoms with van der Waals surface area (Å²) in [6.07, 6.45) is 1.64. The van der Waals surface area contributed by atoms with Gasteiger partial charge in [0.15, 0.2) is 0 Å². The monoisotopic (exact) mass is 318 g/mol. The van der Waals surface area contributed by atoms with E-state index in [4.69, 9.17) is 4.74 Å². The number of carbonyl (C=O) groups excluding carboxylic acids is 2. The average Bonchev–Trinajstić information content (AvgIpc) is 3.15. The first-order valence-electron chi connectivity index (χ1n) is 6.01. The Balaban J connectivity index is 2.07. The molecule has 3 aromatic rings. The zero-order valence-electron chi connectivity index (χ0n) is 11.0. The molecule has 0 aliphatic heterocycles. The predicted molar refractivity (Wildman–Crippen MR) is 83.2 cm³/mol. The van der Waals surface area contributed by atoms with Crippen molar-refractivity contribution >= 4 is 50.5 Å². The fourth-order valence-corrected chi connectivity index (χ4v) is 3.51. The van der Waals surface area contributed by atoms with Gasteiger partial charge in [0, 0.05) is 11.6 Å². The number of hydrogen-bond acceptors (Lipinski definition) is 6. The molecule has 0 saturated heterocycles. The Labute approximate surface area is 128 Å². The van der Waals surface area contributed by atoms with Crippen LogP contribution in [0.2, 0.25) is 0 Å². The van der Waals surface area contributed by atoms with Gasteiger partial charge in [0.25, 0.3) is 5.91 Å². The highest BCUT2D eigenvalue weighted by Gasteiger charge is 2.21. The molecule has 0 fully saturated rings. The number of ether oxygens (including phenoxy) is 1. The summed E-state index contributed by atoms with van der Waals surface area (Å²) in [7, 11) is 1.31. The topological polar surface area (TPSA) is 68.3 Å². The molecule has 3 heterocycles. The van der Waals surface area contributed by atoms with Gasteiger partial charge >= 0.3 is 5.97 Å². The Bertz CT molecular complexity index is 809. The molecular formula is C14H10N2O3S2. The molecule has 5 nitrogen and oxygen atoms in total. The quantitative estimate of drug-likeness (QED) is 0.752. The summed E-state index contributed by atoms with van der Waals surface area (Å²) in [4.78, 5) is 29.9. The van der Waals surface area contributed by atoms with Crippen molar-refractivity contribution in [2.45, 2.75) is 0 Å². The molecule has 0 saturated carbocycles. The van der Waals surface area contributed by atoms with Crippen molar-refractivity contribution in [3.8, 4) is 0 Å². The third-order valence-electron chi connectivity index (χ3n) is 2.82. The summed E-state index contributed by atoms with van der Waals surface area (Å²) in [5, 5.41) is 5.34. The first kappa shape index (κ1) is 13.7. The second-order valence-electron chi connectivity index (χ2n) is 4.09. The van der Waals surface area contributed by atoms with Crippen LogP contribution in [0.4, 0.5) is 5.69 Å². The van der Waals surface area contributed by atoms with E-state index in [0.717, 1.165) is 5.39 Å². The molecule has 0 aliphatic carbocycles. The lowest BCUT2D eigenvalue weighted by Gasteiger charge is -2.05. The Kier molecular flexibility index (Phi) is 3.68. The minimum absolute atomic E-state index is 0.251. The van der Waals surface area contributed by atoms with Crippen molar-refractivity contribution in [2.24, 2.45) is 0 Å². The van der Waals surface area contributed by atoms with Gasteiger partial charge in [-0.15, -0.1) is 22.7 Å². The minimum Gasteiger partial charge on any atom is -0.465 e. The van der Waals surface area contributed by atoms with Crippen molar-refractivity contribution in [2.75, 3.05) is 12.4 Å². The molecule has 0 aliphatic rings. The smallest absolute Gasteiger partial charge is 0.350 e. The molecule has 0 unspecified atom stereocenters. The number of rotatable bonds is 3. The molecule has 0 bridgehead atoms. The van der Waals surface area contributed by atoms with E-state index in [0.29, 0.717) is 20.3 Å². The number of nitrogens with one attached hydrogen (secondary N) is 1. The van der Waals surface area contributed by atoms with E-state index in [-0.39, 0.29) is 5.91 Å². The van der Waals surface area contributed by atoms with Crippen molar-refractivity contribution in [3.05, 3.63) is 45.6 Å². The largest absolute Gasteiger partial charge is 0.465 e. The van der Waals surface area contributed by atoms with E-state index in [9.17, 15) is 9.59 Å². The van der Waals surface area contributed by atoms with Crippen LogP contribution in [0.15, 0.2) is 35.8 Å². The molecule has 106 valence electrons. The summed E-state index contributed by atoms with van der Waals surface area (Å²) in [6.45, 7) is 0. The van der Waals surface area contributed by atoms with E-state index in [1.165, 1.54) is 29.8 Å². The van der Waals surface area contributed by atoms with Gasteiger partial charge in [0.05, 0.1) is 17.7 Å². The lowest BCUT2D eigenvalue weighted by Crippen LogP contribution is -2.12. The third-order valence-corrected chi connectivity index (χ3v) is 4.78. The zero-order valence-corrected chi connectivity index (χ0v) is 12.6. The molecule has 0 spiro atoms. The van der Waals surface area contributed by atoms with Crippen LogP contribution in [0, 0.1) is 0 Å². The van der Waals surface area contributed by atoms with E-state index in [1.54, 1.807) is 24.4 Å². The maximum Gasteiger partial charge on any atom is 0.350 e. The molecule has 0 aromatic carbocycles. The number of carbonyl (C=O) groups is 2. The normalized spacial score (nSPS) is 10.5. The second-order valence-corrected chi connectivity index (χ2v) is 6.03. The number of fused-ring (bicyclic) bond motifs is 1. The summed E-state index contributed by atoms with van der Waals surface area (Å²) in [5.41, 5.74) is 0.452. The Morgan fingerprint density at radius 3 is 2.86 bits per heavy atom. The summed E-state index contributed by atoms with van der Waals surface area (Å²) < 4.78 is 4.77. The number of methoxy groups -OCH3 is 1. The molecule has 0 atom stereocenters. The number of hydrogen-bond donors (Lipinski definition) is 1. The minimum atomic E-state index is -0.487. The number of pyridine rings is 1. The van der Waals surface area contributed by atoms with Gasteiger partial charge in [0.2, 0.25) is 0 Å². The average molecular weight is 318 g/mol. The van der Waals surface area contributed by atoms with Gasteiger partial charge in [-0.3, -0.25) is 4.79 Å². The summed E-state index contributed by atoms with van der Waals surface area (Å²) >= 11 is 2.54. The third kappa shape index (κ3) is 2.53. The summed E-state index contributed by atoms with van der Waals surface area (Å²) in [5.74, 6) is -0.738. The second kappa shape index (κ2) is 5.63. The van der Waals surface area contributed by atoms with Crippen LogP contribution < -0.4 is 5.32 Å². The van der Waals surface area contributed by atoms with Crippen LogP contribution in [-0.2, 0) is 4.74 Å². The molecule has 3 rings (SSSR count). The number of esters is 1. The van der Waals surface area contributed by atoms with Crippen molar-refractivity contribution < 1.29 is 14.3 Å². The van der Waals surface area contributed by atoms with E-state index in [1.807, 2.05) is 11.4 Å². The fraction of sp³-hybridized carbons (Fsp3) is 0.0714. The van der Waals surface area contributed by atoms with Gasteiger partial charge in [-0.2, -0.15) is 0 Å². The van der Waals surface area contributed by atoms with Crippen LogP contribution in [0.1, 0.15) is 19.3 Å². The number of aromatic nitrogens is 1. The predicted octanol–water partition coefficient (Wildman–Crippen LogP) is 3.40. The van der Waals surface area contributed by atoms with Crippen LogP contribution in [0.5, 0.6) is 0 Å². The van der Waals surface area contributed by atoms with Gasteiger partial charge in [-0.1, -0.05) is 6.07 Å². The van der Waals surface area contributed by atoms with E-state index >= 15 is 0 Å². The maximum absolute atomic E-state index is 12.2. The van der Waals surface area contributed by atoms with E-state index < -0.39 is 5.97 Å². The van der Waals surface area contributed by atoms with Gasteiger partial charge in [-0.05, 0) is 23.6 Å². The van der Waals surface area contributed by atoms with Crippen LogP contribution >= 0.6 is 22.7 Å². The molecule has 21 heavy (non-hydrogen) atoms. The molecule has 7 heteroatoms. The highest BCUT2D eigenvalue weighted by molar-refractivity contribution is 7.21. The summed E-state index contributed by atoms with van der Waals surface area (Å²) in [6, 6.07) is 7.10. The fourth-order valence-electron chi connectivity index (χ4n) is 1.88. The standard InChI is InChI=1S/C14H10N2O3S2/c1-19-14(18)11-10(8-4-2-6-15-13(8)21-11)16-12(17)9-5-3-7-20-9/h2-7H,1H3,(H,16,17). The molecule has 1 amide bonds. The Morgan fingerprint density at radius 1 is 1.29 bits per heavy atom. The number of anilines is 1. The van der Waals surface area contributed by atoms with Gasteiger partial charge in [-0.25, -0.2) is 9.78 Å². The molecule has 3 aromatic heterocycles. The first-order chi connectivity index (χ1) is 10.2. The lowest BCUT2D eigenvalue weighted by atomic mass is 10.2. The van der Waals surface area contributed by atoms with Gasteiger partial charge < -0.3 is 10.1 Å². The Hall–Kier alpha value is -2.25. The number of amides is 1. The highest BCUT2D eigenvalue weighted by atomic mass is 32.1. The zero-order chi connectivity index (χ0) is 14.8. The van der Waals surface area contributed by atoms with Crippen molar-refractivity contribution in [1.29, 1.82) is 0 Å². The lowest BCUT2D eigenvalue weighted by molar-refractivity contribution is 0.0607. The maximum atomic E-state index is 12.2. The Morgan fingerprint density at radius 2 is 2.14 bits per heavy atom. The number of thiophene rings is 2. The first-order valence-corrected chi connectivity index (χ1v) is 7.71. The SMILES string of the molecule is COC(=O)c1sc2ncccc2c1NC(=O)c1cccs1. The van der Waals surface area contributed by atoms with Gasteiger partial charge in [0.1, 0.15) is 9.71 Å². The van der Waals surface area contributed by atoms with Crippen molar-refractivity contribution in [1.82, 2.24) is 4.98 Å². The molecule has 1 N–H and O–H groups in total. The molecule has 0 radical (unpaired) electrons. The van der Waals surface area contributed by atoms with Crippen LogP contribution in [-0.4, -0.2) is 24.0 Å². The van der Waals surface area contributed by atoms with E-state index in [2.05, 4.69) is 10.3 Å². The highest BCUT2D eigenvalue weighted by Crippen LogP contribution is 2.35. The van der Waals surface area contributed by atoms with Crippen LogP contribution in [0.25, 0.3) is 10.2 Å².